The van der Waals surface area contributed by atoms with Gasteiger partial charge in [0.25, 0.3) is 11.8 Å². The molecule has 0 aliphatic heterocycles. The SMILES string of the molecule is CC(C(=O)NO)C(=O)NO. The first kappa shape index (κ1) is 8.86. The average molecular weight is 148 g/mol. The largest absolute Gasteiger partial charge is 0.289 e. The van der Waals surface area contributed by atoms with Crippen LogP contribution >= 0.6 is 0 Å². The van der Waals surface area contributed by atoms with Crippen LogP contribution in [0.15, 0.2) is 0 Å². The molecule has 58 valence electrons. The molecule has 0 atom stereocenters. The van der Waals surface area contributed by atoms with Crippen LogP contribution in [0, 0.1) is 5.92 Å². The molecule has 0 aliphatic rings. The van der Waals surface area contributed by atoms with E-state index in [9.17, 15) is 9.59 Å². The molecule has 0 saturated heterocycles. The van der Waals surface area contributed by atoms with Gasteiger partial charge in [-0.15, -0.1) is 0 Å². The minimum Gasteiger partial charge on any atom is -0.289 e. The number of rotatable bonds is 2. The monoisotopic (exact) mass is 148 g/mol. The lowest BCUT2D eigenvalue weighted by Crippen LogP contribution is -2.37. The lowest BCUT2D eigenvalue weighted by molar-refractivity contribution is -0.144. The fourth-order valence-corrected chi connectivity index (χ4v) is 0.313. The average Bonchev–Trinajstić information content (AvgIpc) is 2.00. The Balaban J connectivity index is 3.94. The van der Waals surface area contributed by atoms with E-state index in [-0.39, 0.29) is 0 Å². The molecule has 0 heterocycles. The van der Waals surface area contributed by atoms with Gasteiger partial charge in [0, 0.05) is 0 Å². The summed E-state index contributed by atoms with van der Waals surface area (Å²) in [6.45, 7) is 1.23. The zero-order chi connectivity index (χ0) is 8.15. The van der Waals surface area contributed by atoms with Crippen molar-refractivity contribution in [2.75, 3.05) is 0 Å². The van der Waals surface area contributed by atoms with Crippen molar-refractivity contribution in [2.45, 2.75) is 6.92 Å². The predicted molar refractivity (Wildman–Crippen MR) is 29.0 cm³/mol. The summed E-state index contributed by atoms with van der Waals surface area (Å²) in [5, 5.41) is 16.0. The van der Waals surface area contributed by atoms with Gasteiger partial charge in [-0.05, 0) is 6.92 Å². The second-order valence-electron chi connectivity index (χ2n) is 1.67. The van der Waals surface area contributed by atoms with Crippen LogP contribution in [-0.4, -0.2) is 22.2 Å². The molecule has 0 rings (SSSR count). The molecule has 4 N–H and O–H groups in total. The molecule has 0 unspecified atom stereocenters. The van der Waals surface area contributed by atoms with E-state index >= 15 is 0 Å². The van der Waals surface area contributed by atoms with E-state index < -0.39 is 17.7 Å². The molecule has 6 nitrogen and oxygen atoms in total. The van der Waals surface area contributed by atoms with Crippen molar-refractivity contribution in [3.63, 3.8) is 0 Å². The number of nitrogens with one attached hydrogen (secondary N) is 2. The zero-order valence-corrected chi connectivity index (χ0v) is 5.29. The molecule has 0 saturated carbocycles. The third kappa shape index (κ3) is 2.00. The van der Waals surface area contributed by atoms with Crippen LogP contribution in [0.3, 0.4) is 0 Å². The Morgan fingerprint density at radius 2 is 1.50 bits per heavy atom. The normalized spacial score (nSPS) is 9.20. The fourth-order valence-electron chi connectivity index (χ4n) is 0.313. The van der Waals surface area contributed by atoms with Crippen LogP contribution in [-0.2, 0) is 9.59 Å². The maximum Gasteiger partial charge on any atom is 0.255 e. The highest BCUT2D eigenvalue weighted by Gasteiger charge is 2.19. The Morgan fingerprint density at radius 1 is 1.20 bits per heavy atom. The molecule has 0 aromatic heterocycles. The number of carbonyl (C=O) groups is 2. The molecular formula is C4H8N2O4. The van der Waals surface area contributed by atoms with Gasteiger partial charge in [-0.25, -0.2) is 11.0 Å². The molecule has 10 heavy (non-hydrogen) atoms. The van der Waals surface area contributed by atoms with Crippen molar-refractivity contribution in [2.24, 2.45) is 5.92 Å². The first-order valence-electron chi connectivity index (χ1n) is 2.51. The van der Waals surface area contributed by atoms with Crippen LogP contribution in [0.2, 0.25) is 0 Å². The van der Waals surface area contributed by atoms with Gasteiger partial charge in [0.15, 0.2) is 0 Å². The van der Waals surface area contributed by atoms with Crippen molar-refractivity contribution in [3.8, 4) is 0 Å². The number of hydroxylamine groups is 2. The summed E-state index contributed by atoms with van der Waals surface area (Å²) >= 11 is 0. The van der Waals surface area contributed by atoms with Crippen molar-refractivity contribution in [1.82, 2.24) is 11.0 Å². The minimum absolute atomic E-state index is 0.869. The lowest BCUT2D eigenvalue weighted by atomic mass is 10.1. The topological polar surface area (TPSA) is 98.7 Å². The highest BCUT2D eigenvalue weighted by Crippen LogP contribution is 1.92. The second kappa shape index (κ2) is 3.80. The third-order valence-corrected chi connectivity index (χ3v) is 1.01. The lowest BCUT2D eigenvalue weighted by Gasteiger charge is -2.04. The Kier molecular flexibility index (Phi) is 3.37. The number of hydrogen-bond donors (Lipinski definition) is 4. The van der Waals surface area contributed by atoms with Gasteiger partial charge in [-0.3, -0.25) is 20.0 Å². The first-order valence-corrected chi connectivity index (χ1v) is 2.51. The van der Waals surface area contributed by atoms with Gasteiger partial charge in [0.05, 0.1) is 0 Å². The maximum atomic E-state index is 10.4. The Morgan fingerprint density at radius 3 is 1.70 bits per heavy atom. The van der Waals surface area contributed by atoms with Crippen LogP contribution in [0.5, 0.6) is 0 Å². The molecule has 0 spiro atoms. The van der Waals surface area contributed by atoms with Gasteiger partial charge in [0.2, 0.25) is 0 Å². The predicted octanol–water partition coefficient (Wildman–Crippen LogP) is -1.37. The highest BCUT2D eigenvalue weighted by molar-refractivity contribution is 5.98. The molecular weight excluding hydrogens is 140 g/mol. The number of hydrogen-bond acceptors (Lipinski definition) is 4. The van der Waals surface area contributed by atoms with E-state index in [1.54, 1.807) is 0 Å². The van der Waals surface area contributed by atoms with Crippen LogP contribution < -0.4 is 11.0 Å². The van der Waals surface area contributed by atoms with Crippen molar-refractivity contribution in [1.29, 1.82) is 0 Å². The van der Waals surface area contributed by atoms with Gasteiger partial charge in [-0.1, -0.05) is 0 Å². The van der Waals surface area contributed by atoms with E-state index in [0.29, 0.717) is 0 Å². The summed E-state index contributed by atoms with van der Waals surface area (Å²) in [5.41, 5.74) is 2.54. The molecule has 0 fully saturated rings. The first-order chi connectivity index (χ1) is 4.63. The zero-order valence-electron chi connectivity index (χ0n) is 5.29. The summed E-state index contributed by atoms with van der Waals surface area (Å²) in [6, 6.07) is 0. The second-order valence-corrected chi connectivity index (χ2v) is 1.67. The van der Waals surface area contributed by atoms with Gasteiger partial charge in [-0.2, -0.15) is 0 Å². The molecule has 0 aromatic rings. The fraction of sp³-hybridized carbons (Fsp3) is 0.500. The summed E-state index contributed by atoms with van der Waals surface area (Å²) in [5.74, 6) is -2.84. The van der Waals surface area contributed by atoms with Gasteiger partial charge < -0.3 is 0 Å². The maximum absolute atomic E-state index is 10.4. The van der Waals surface area contributed by atoms with Crippen LogP contribution in [0.4, 0.5) is 0 Å². The molecule has 0 bridgehead atoms. The van der Waals surface area contributed by atoms with Crippen molar-refractivity contribution in [3.05, 3.63) is 0 Å². The van der Waals surface area contributed by atoms with Crippen molar-refractivity contribution < 1.29 is 20.0 Å². The molecule has 0 radical (unpaired) electrons. The highest BCUT2D eigenvalue weighted by atomic mass is 16.5. The van der Waals surface area contributed by atoms with Crippen molar-refractivity contribution >= 4 is 11.8 Å². The quantitative estimate of drug-likeness (QED) is 0.220. The van der Waals surface area contributed by atoms with Gasteiger partial charge in [0.1, 0.15) is 5.92 Å². The minimum atomic E-state index is -1.10. The molecule has 6 heteroatoms. The standard InChI is InChI=1S/C4H8N2O4/c1-2(3(7)5-9)4(8)6-10/h2,9-10H,1H3,(H,5,7)(H,6,8). The number of amides is 2. The molecule has 0 aromatic carbocycles. The van der Waals surface area contributed by atoms with E-state index in [4.69, 9.17) is 10.4 Å². The smallest absolute Gasteiger partial charge is 0.255 e. The summed E-state index contributed by atoms with van der Waals surface area (Å²) < 4.78 is 0. The van der Waals surface area contributed by atoms with E-state index in [2.05, 4.69) is 0 Å². The van der Waals surface area contributed by atoms with E-state index in [1.807, 2.05) is 0 Å². The van der Waals surface area contributed by atoms with E-state index in [0.717, 1.165) is 0 Å². The van der Waals surface area contributed by atoms with E-state index in [1.165, 1.54) is 17.9 Å². The summed E-state index contributed by atoms with van der Waals surface area (Å²) in [4.78, 5) is 20.8. The van der Waals surface area contributed by atoms with Crippen LogP contribution in [0.1, 0.15) is 6.92 Å². The molecule has 2 amide bonds. The van der Waals surface area contributed by atoms with Gasteiger partial charge >= 0.3 is 0 Å². The Labute approximate surface area is 56.8 Å². The third-order valence-electron chi connectivity index (χ3n) is 1.01. The molecule has 0 aliphatic carbocycles. The Bertz CT molecular complexity index is 130. The number of carbonyl (C=O) groups excluding carboxylic acids is 2. The Hall–Kier alpha value is -1.14. The summed E-state index contributed by atoms with van der Waals surface area (Å²) in [6.07, 6.45) is 0. The van der Waals surface area contributed by atoms with Crippen LogP contribution in [0.25, 0.3) is 0 Å². The summed E-state index contributed by atoms with van der Waals surface area (Å²) in [7, 11) is 0.